The Morgan fingerprint density at radius 3 is 2.45 bits per heavy atom. The maximum atomic E-state index is 10.2. The van der Waals surface area contributed by atoms with Crippen LogP contribution in [0.3, 0.4) is 0 Å². The molecule has 3 heteroatoms. The summed E-state index contributed by atoms with van der Waals surface area (Å²) in [7, 11) is 0. The van der Waals surface area contributed by atoms with Crippen LogP contribution in [0.5, 0.6) is 0 Å². The van der Waals surface area contributed by atoms with Gasteiger partial charge in [0, 0.05) is 5.41 Å². The highest BCUT2D eigenvalue weighted by molar-refractivity contribution is 7.82. The van der Waals surface area contributed by atoms with Gasteiger partial charge in [-0.1, -0.05) is 30.3 Å². The quantitative estimate of drug-likeness (QED) is 0.684. The summed E-state index contributed by atoms with van der Waals surface area (Å²) in [4.78, 5) is 0. The molecule has 0 aliphatic rings. The SMILES string of the molecule is O=S(O)/C=C/c1ccccc1. The van der Waals surface area contributed by atoms with Gasteiger partial charge in [0.05, 0.1) is 0 Å². The Bertz CT molecular complexity index is 267. The van der Waals surface area contributed by atoms with Gasteiger partial charge in [-0.25, -0.2) is 4.21 Å². The lowest BCUT2D eigenvalue weighted by molar-refractivity contribution is 0.574. The van der Waals surface area contributed by atoms with Crippen LogP contribution in [-0.4, -0.2) is 8.76 Å². The van der Waals surface area contributed by atoms with Crippen molar-refractivity contribution in [1.29, 1.82) is 0 Å². The molecule has 0 aliphatic heterocycles. The van der Waals surface area contributed by atoms with E-state index in [4.69, 9.17) is 4.55 Å². The van der Waals surface area contributed by atoms with Gasteiger partial charge in [-0.15, -0.1) is 0 Å². The van der Waals surface area contributed by atoms with Crippen molar-refractivity contribution in [2.24, 2.45) is 0 Å². The fraction of sp³-hybridized carbons (Fsp3) is 0. The van der Waals surface area contributed by atoms with E-state index in [0.29, 0.717) is 0 Å². The Morgan fingerprint density at radius 1 is 1.27 bits per heavy atom. The molecule has 1 aromatic rings. The van der Waals surface area contributed by atoms with Crippen molar-refractivity contribution in [2.75, 3.05) is 0 Å². The van der Waals surface area contributed by atoms with Crippen molar-refractivity contribution >= 4 is 17.2 Å². The van der Waals surface area contributed by atoms with Crippen LogP contribution in [0.15, 0.2) is 35.7 Å². The molecule has 0 saturated carbocycles. The average molecular weight is 168 g/mol. The van der Waals surface area contributed by atoms with Gasteiger partial charge in [0.1, 0.15) is 0 Å². The standard InChI is InChI=1S/C8H8O2S/c9-11(10)7-6-8-4-2-1-3-5-8/h1-7H,(H,9,10)/b7-6+. The maximum absolute atomic E-state index is 10.2. The van der Waals surface area contributed by atoms with Gasteiger partial charge in [-0.2, -0.15) is 0 Å². The average Bonchev–Trinajstić information content (AvgIpc) is 2.03. The van der Waals surface area contributed by atoms with Crippen molar-refractivity contribution in [3.8, 4) is 0 Å². The van der Waals surface area contributed by atoms with Crippen molar-refractivity contribution < 1.29 is 8.76 Å². The zero-order valence-corrected chi connectivity index (χ0v) is 6.62. The van der Waals surface area contributed by atoms with Crippen LogP contribution in [0.4, 0.5) is 0 Å². The molecule has 0 bridgehead atoms. The largest absolute Gasteiger partial charge is 0.303 e. The fourth-order valence-electron chi connectivity index (χ4n) is 0.701. The van der Waals surface area contributed by atoms with Gasteiger partial charge >= 0.3 is 0 Å². The molecule has 1 aromatic carbocycles. The van der Waals surface area contributed by atoms with Crippen molar-refractivity contribution in [1.82, 2.24) is 0 Å². The summed E-state index contributed by atoms with van der Waals surface area (Å²) in [6.07, 6.45) is 1.61. The van der Waals surface area contributed by atoms with Gasteiger partial charge in [0.15, 0.2) is 11.1 Å². The first-order chi connectivity index (χ1) is 5.29. The molecule has 58 valence electrons. The smallest absolute Gasteiger partial charge is 0.178 e. The van der Waals surface area contributed by atoms with Crippen molar-refractivity contribution in [2.45, 2.75) is 0 Å². The zero-order chi connectivity index (χ0) is 8.10. The summed E-state index contributed by atoms with van der Waals surface area (Å²) < 4.78 is 18.6. The highest BCUT2D eigenvalue weighted by atomic mass is 32.2. The minimum absolute atomic E-state index is 0.926. The van der Waals surface area contributed by atoms with Crippen LogP contribution < -0.4 is 0 Å². The normalized spacial score (nSPS) is 13.5. The molecule has 1 unspecified atom stereocenters. The van der Waals surface area contributed by atoms with Crippen LogP contribution in [-0.2, 0) is 11.1 Å². The summed E-state index contributed by atoms with van der Waals surface area (Å²) in [6, 6.07) is 9.37. The van der Waals surface area contributed by atoms with E-state index in [1.165, 1.54) is 5.41 Å². The summed E-state index contributed by atoms with van der Waals surface area (Å²) >= 11 is -1.85. The third kappa shape index (κ3) is 3.11. The Hall–Kier alpha value is -0.930. The predicted octanol–water partition coefficient (Wildman–Crippen LogP) is 1.88. The molecule has 11 heavy (non-hydrogen) atoms. The molecule has 0 spiro atoms. The van der Waals surface area contributed by atoms with Crippen LogP contribution in [0, 0.1) is 0 Å². The first kappa shape index (κ1) is 8.17. The molecule has 0 aliphatic carbocycles. The van der Waals surface area contributed by atoms with Crippen molar-refractivity contribution in [3.05, 3.63) is 41.3 Å². The predicted molar refractivity (Wildman–Crippen MR) is 46.2 cm³/mol. The van der Waals surface area contributed by atoms with E-state index in [-0.39, 0.29) is 0 Å². The molecule has 0 radical (unpaired) electrons. The lowest BCUT2D eigenvalue weighted by Crippen LogP contribution is -1.76. The highest BCUT2D eigenvalue weighted by Crippen LogP contribution is 2.00. The molecular formula is C8H8O2S. The lowest BCUT2D eigenvalue weighted by Gasteiger charge is -1.88. The van der Waals surface area contributed by atoms with Crippen LogP contribution in [0.1, 0.15) is 5.56 Å². The summed E-state index contributed by atoms with van der Waals surface area (Å²) in [5, 5.41) is 1.23. The summed E-state index contributed by atoms with van der Waals surface area (Å²) in [5.41, 5.74) is 0.926. The molecule has 0 amide bonds. The molecule has 1 N–H and O–H groups in total. The van der Waals surface area contributed by atoms with Gasteiger partial charge in [0.25, 0.3) is 0 Å². The first-order valence-electron chi connectivity index (χ1n) is 3.12. The number of rotatable bonds is 2. The highest BCUT2D eigenvalue weighted by Gasteiger charge is 1.83. The fourth-order valence-corrected chi connectivity index (χ4v) is 0.974. The van der Waals surface area contributed by atoms with Gasteiger partial charge < -0.3 is 4.55 Å². The Balaban J connectivity index is 2.72. The van der Waals surface area contributed by atoms with E-state index in [2.05, 4.69) is 0 Å². The Kier molecular flexibility index (Phi) is 3.01. The zero-order valence-electron chi connectivity index (χ0n) is 5.81. The third-order valence-corrected chi connectivity index (χ3v) is 1.55. The third-order valence-electron chi connectivity index (χ3n) is 1.18. The van der Waals surface area contributed by atoms with Crippen LogP contribution >= 0.6 is 0 Å². The summed E-state index contributed by atoms with van der Waals surface area (Å²) in [6.45, 7) is 0. The summed E-state index contributed by atoms with van der Waals surface area (Å²) in [5.74, 6) is 0. The van der Waals surface area contributed by atoms with Gasteiger partial charge in [-0.3, -0.25) is 0 Å². The topological polar surface area (TPSA) is 37.3 Å². The monoisotopic (exact) mass is 168 g/mol. The van der Waals surface area contributed by atoms with Crippen molar-refractivity contribution in [3.63, 3.8) is 0 Å². The number of hydrogen-bond acceptors (Lipinski definition) is 1. The minimum Gasteiger partial charge on any atom is -0.303 e. The second-order valence-electron chi connectivity index (χ2n) is 1.99. The van der Waals surface area contributed by atoms with E-state index in [1.807, 2.05) is 30.3 Å². The van der Waals surface area contributed by atoms with E-state index >= 15 is 0 Å². The molecule has 0 heterocycles. The van der Waals surface area contributed by atoms with E-state index in [0.717, 1.165) is 5.56 Å². The molecule has 0 saturated heterocycles. The number of benzene rings is 1. The Morgan fingerprint density at radius 2 is 1.91 bits per heavy atom. The molecule has 1 atom stereocenters. The Labute approximate surface area is 67.8 Å². The van der Waals surface area contributed by atoms with Gasteiger partial charge in [0.2, 0.25) is 0 Å². The second-order valence-corrected chi connectivity index (χ2v) is 2.81. The van der Waals surface area contributed by atoms with Crippen LogP contribution in [0.25, 0.3) is 6.08 Å². The first-order valence-corrected chi connectivity index (χ1v) is 4.29. The lowest BCUT2D eigenvalue weighted by atomic mass is 10.2. The molecule has 2 nitrogen and oxygen atoms in total. The number of hydrogen-bond donors (Lipinski definition) is 1. The maximum Gasteiger partial charge on any atom is 0.178 e. The second kappa shape index (κ2) is 4.05. The van der Waals surface area contributed by atoms with Gasteiger partial charge in [-0.05, 0) is 11.6 Å². The van der Waals surface area contributed by atoms with Crippen LogP contribution in [0.2, 0.25) is 0 Å². The van der Waals surface area contributed by atoms with E-state index in [1.54, 1.807) is 6.08 Å². The molecule has 0 aromatic heterocycles. The van der Waals surface area contributed by atoms with E-state index in [9.17, 15) is 4.21 Å². The van der Waals surface area contributed by atoms with E-state index < -0.39 is 11.1 Å². The minimum atomic E-state index is -1.85. The molecular weight excluding hydrogens is 160 g/mol. The molecule has 0 fully saturated rings. The molecule has 1 rings (SSSR count).